The standard InChI is InChI=1S/C9H7BrF2O/c10-7-3-1-6(2-4-7)9(5-13-9)8(11)12/h1-4,8H,5H2. The molecule has 0 aromatic heterocycles. The molecule has 0 N–H and O–H groups in total. The fraction of sp³-hybridized carbons (Fsp3) is 0.333. The normalized spacial score (nSPS) is 26.5. The molecule has 1 aliphatic rings. The Kier molecular flexibility index (Phi) is 2.12. The van der Waals surface area contributed by atoms with Gasteiger partial charge in [0.05, 0.1) is 6.61 Å². The van der Waals surface area contributed by atoms with Crippen LogP contribution >= 0.6 is 15.9 Å². The maximum absolute atomic E-state index is 12.5. The van der Waals surface area contributed by atoms with Crippen molar-refractivity contribution in [3.8, 4) is 0 Å². The fourth-order valence-electron chi connectivity index (χ4n) is 1.23. The quantitative estimate of drug-likeness (QED) is 0.734. The Bertz CT molecular complexity index is 306. The van der Waals surface area contributed by atoms with Crippen molar-refractivity contribution in [1.82, 2.24) is 0 Å². The van der Waals surface area contributed by atoms with E-state index in [1.54, 1.807) is 24.3 Å². The summed E-state index contributed by atoms with van der Waals surface area (Å²) in [6.45, 7) is 0.117. The average Bonchev–Trinajstić information content (AvgIpc) is 2.86. The first-order chi connectivity index (χ1) is 6.15. The highest BCUT2D eigenvalue weighted by molar-refractivity contribution is 9.10. The summed E-state index contributed by atoms with van der Waals surface area (Å²) in [4.78, 5) is 0. The van der Waals surface area contributed by atoms with Crippen molar-refractivity contribution in [2.24, 2.45) is 0 Å². The first-order valence-corrected chi connectivity index (χ1v) is 4.62. The molecule has 1 atom stereocenters. The molecule has 0 amide bonds. The van der Waals surface area contributed by atoms with Crippen LogP contribution in [0.5, 0.6) is 0 Å². The van der Waals surface area contributed by atoms with E-state index in [0.717, 1.165) is 4.47 Å². The summed E-state index contributed by atoms with van der Waals surface area (Å²) in [5.41, 5.74) is -0.772. The number of hydrogen-bond donors (Lipinski definition) is 0. The Hall–Kier alpha value is -0.480. The third-order valence-corrected chi connectivity index (χ3v) is 2.67. The van der Waals surface area contributed by atoms with Gasteiger partial charge in [0.1, 0.15) is 0 Å². The van der Waals surface area contributed by atoms with Gasteiger partial charge in [0.25, 0.3) is 6.43 Å². The van der Waals surface area contributed by atoms with Crippen LogP contribution < -0.4 is 0 Å². The molecule has 0 saturated carbocycles. The van der Waals surface area contributed by atoms with E-state index in [-0.39, 0.29) is 6.61 Å². The largest absolute Gasteiger partial charge is 0.358 e. The molecule has 1 aromatic carbocycles. The SMILES string of the molecule is FC(F)C1(c2ccc(Br)cc2)CO1. The molecule has 1 nitrogen and oxygen atoms in total. The molecular formula is C9H7BrF2O. The van der Waals surface area contributed by atoms with Crippen LogP contribution in [0.3, 0.4) is 0 Å². The van der Waals surface area contributed by atoms with Crippen molar-refractivity contribution < 1.29 is 13.5 Å². The molecule has 0 radical (unpaired) electrons. The average molecular weight is 249 g/mol. The van der Waals surface area contributed by atoms with Gasteiger partial charge in [-0.25, -0.2) is 8.78 Å². The molecule has 2 rings (SSSR count). The van der Waals surface area contributed by atoms with Gasteiger partial charge >= 0.3 is 0 Å². The van der Waals surface area contributed by atoms with Crippen LogP contribution in [0.25, 0.3) is 0 Å². The summed E-state index contributed by atoms with van der Waals surface area (Å²) in [5.74, 6) is 0. The summed E-state index contributed by atoms with van der Waals surface area (Å²) in [7, 11) is 0. The van der Waals surface area contributed by atoms with E-state index in [1.807, 2.05) is 0 Å². The smallest absolute Gasteiger partial charge is 0.273 e. The summed E-state index contributed by atoms with van der Waals surface area (Å²) < 4.78 is 30.7. The lowest BCUT2D eigenvalue weighted by Crippen LogP contribution is -2.19. The van der Waals surface area contributed by atoms with Crippen LogP contribution in [0, 0.1) is 0 Å². The highest BCUT2D eigenvalue weighted by Gasteiger charge is 2.54. The van der Waals surface area contributed by atoms with Crippen LogP contribution in [-0.2, 0) is 10.3 Å². The molecule has 1 aromatic rings. The second kappa shape index (κ2) is 3.03. The van der Waals surface area contributed by atoms with E-state index in [0.29, 0.717) is 5.56 Å². The van der Waals surface area contributed by atoms with Gasteiger partial charge < -0.3 is 4.74 Å². The van der Waals surface area contributed by atoms with E-state index >= 15 is 0 Å². The third kappa shape index (κ3) is 1.48. The van der Waals surface area contributed by atoms with Gasteiger partial charge in [0, 0.05) is 4.47 Å². The van der Waals surface area contributed by atoms with Crippen molar-refractivity contribution >= 4 is 15.9 Å². The zero-order chi connectivity index (χ0) is 9.47. The fourth-order valence-corrected chi connectivity index (χ4v) is 1.49. The number of benzene rings is 1. The van der Waals surface area contributed by atoms with Gasteiger partial charge in [0.2, 0.25) is 0 Å². The molecule has 4 heteroatoms. The predicted molar refractivity (Wildman–Crippen MR) is 47.8 cm³/mol. The lowest BCUT2D eigenvalue weighted by atomic mass is 10.0. The second-order valence-electron chi connectivity index (χ2n) is 2.99. The number of halogens is 3. The number of alkyl halides is 2. The van der Waals surface area contributed by atoms with Crippen molar-refractivity contribution in [3.05, 3.63) is 34.3 Å². The zero-order valence-electron chi connectivity index (χ0n) is 6.64. The van der Waals surface area contributed by atoms with E-state index in [4.69, 9.17) is 4.74 Å². The van der Waals surface area contributed by atoms with Gasteiger partial charge in [-0.3, -0.25) is 0 Å². The van der Waals surface area contributed by atoms with Crippen LogP contribution in [0.4, 0.5) is 8.78 Å². The van der Waals surface area contributed by atoms with E-state index < -0.39 is 12.0 Å². The van der Waals surface area contributed by atoms with Crippen LogP contribution in [0.1, 0.15) is 5.56 Å². The van der Waals surface area contributed by atoms with E-state index in [9.17, 15) is 8.78 Å². The molecular weight excluding hydrogens is 242 g/mol. The van der Waals surface area contributed by atoms with E-state index in [1.165, 1.54) is 0 Å². The summed E-state index contributed by atoms with van der Waals surface area (Å²) in [6.07, 6.45) is -2.45. The Morgan fingerprint density at radius 2 is 1.85 bits per heavy atom. The Labute approximate surface area is 82.8 Å². The summed E-state index contributed by atoms with van der Waals surface area (Å²) in [5, 5.41) is 0. The predicted octanol–water partition coefficient (Wildman–Crippen LogP) is 2.94. The maximum Gasteiger partial charge on any atom is 0.273 e. The van der Waals surface area contributed by atoms with E-state index in [2.05, 4.69) is 15.9 Å². The zero-order valence-corrected chi connectivity index (χ0v) is 8.22. The molecule has 1 fully saturated rings. The number of ether oxygens (including phenoxy) is 1. The Morgan fingerprint density at radius 1 is 1.31 bits per heavy atom. The van der Waals surface area contributed by atoms with Crippen molar-refractivity contribution in [3.63, 3.8) is 0 Å². The first kappa shape index (κ1) is 9.09. The minimum Gasteiger partial charge on any atom is -0.358 e. The van der Waals surface area contributed by atoms with Gasteiger partial charge in [-0.1, -0.05) is 28.1 Å². The summed E-state index contributed by atoms with van der Waals surface area (Å²) >= 11 is 3.24. The van der Waals surface area contributed by atoms with Crippen LogP contribution in [0.2, 0.25) is 0 Å². The highest BCUT2D eigenvalue weighted by atomic mass is 79.9. The molecule has 1 heterocycles. The number of epoxide rings is 1. The van der Waals surface area contributed by atoms with Gasteiger partial charge in [-0.15, -0.1) is 0 Å². The highest BCUT2D eigenvalue weighted by Crippen LogP contribution is 2.44. The van der Waals surface area contributed by atoms with Crippen molar-refractivity contribution in [2.75, 3.05) is 6.61 Å². The number of hydrogen-bond acceptors (Lipinski definition) is 1. The van der Waals surface area contributed by atoms with Gasteiger partial charge in [-0.2, -0.15) is 0 Å². The molecule has 1 saturated heterocycles. The molecule has 1 aliphatic heterocycles. The lowest BCUT2D eigenvalue weighted by Gasteiger charge is -2.10. The molecule has 13 heavy (non-hydrogen) atoms. The van der Waals surface area contributed by atoms with Crippen molar-refractivity contribution in [2.45, 2.75) is 12.0 Å². The molecule has 1 unspecified atom stereocenters. The molecule has 0 spiro atoms. The minimum absolute atomic E-state index is 0.117. The van der Waals surface area contributed by atoms with Crippen LogP contribution in [0.15, 0.2) is 28.7 Å². The van der Waals surface area contributed by atoms with Crippen molar-refractivity contribution in [1.29, 1.82) is 0 Å². The molecule has 0 aliphatic carbocycles. The summed E-state index contributed by atoms with van der Waals surface area (Å²) in [6, 6.07) is 6.79. The maximum atomic E-state index is 12.5. The van der Waals surface area contributed by atoms with Gasteiger partial charge in [0.15, 0.2) is 5.60 Å². The Morgan fingerprint density at radius 3 is 2.23 bits per heavy atom. The topological polar surface area (TPSA) is 12.5 Å². The first-order valence-electron chi connectivity index (χ1n) is 3.83. The Balaban J connectivity index is 2.31. The van der Waals surface area contributed by atoms with Crippen LogP contribution in [-0.4, -0.2) is 13.0 Å². The molecule has 0 bridgehead atoms. The monoisotopic (exact) mass is 248 g/mol. The number of rotatable bonds is 2. The lowest BCUT2D eigenvalue weighted by molar-refractivity contribution is 0.0452. The second-order valence-corrected chi connectivity index (χ2v) is 3.90. The third-order valence-electron chi connectivity index (χ3n) is 2.14. The minimum atomic E-state index is -2.45. The molecule has 70 valence electrons. The van der Waals surface area contributed by atoms with Gasteiger partial charge in [-0.05, 0) is 17.7 Å².